The fourth-order valence-corrected chi connectivity index (χ4v) is 5.91. The minimum atomic E-state index is -4.39. The first kappa shape index (κ1) is 23.8. The summed E-state index contributed by atoms with van der Waals surface area (Å²) in [6.07, 6.45) is 3.17. The van der Waals surface area contributed by atoms with E-state index in [9.17, 15) is 22.0 Å². The number of fused-ring (bicyclic) bond motifs is 1. The molecule has 0 spiro atoms. The molecule has 5 rings (SSSR count). The van der Waals surface area contributed by atoms with Gasteiger partial charge in [0, 0.05) is 58.5 Å². The fraction of sp³-hybridized carbons (Fsp3) is 0.125. The third kappa shape index (κ3) is 4.29. The van der Waals surface area contributed by atoms with Crippen LogP contribution < -0.4 is 9.46 Å². The van der Waals surface area contributed by atoms with Crippen LogP contribution in [0.1, 0.15) is 16.1 Å². The summed E-state index contributed by atoms with van der Waals surface area (Å²) in [4.78, 5) is 23.2. The van der Waals surface area contributed by atoms with Gasteiger partial charge >= 0.3 is 0 Å². The third-order valence-electron chi connectivity index (χ3n) is 5.57. The smallest absolute Gasteiger partial charge is 0.272 e. The van der Waals surface area contributed by atoms with Gasteiger partial charge in [0.2, 0.25) is 5.88 Å². The number of sulfonamides is 1. The van der Waals surface area contributed by atoms with Crippen molar-refractivity contribution in [2.75, 3.05) is 18.9 Å². The quantitative estimate of drug-likeness (QED) is 0.394. The molecular formula is C24H18F2N4O4S2. The van der Waals surface area contributed by atoms with Crippen molar-refractivity contribution < 1.29 is 26.7 Å². The second kappa shape index (κ2) is 8.95. The highest BCUT2D eigenvalue weighted by molar-refractivity contribution is 7.92. The molecule has 184 valence electrons. The van der Waals surface area contributed by atoms with E-state index in [2.05, 4.69) is 14.7 Å². The van der Waals surface area contributed by atoms with Crippen molar-refractivity contribution in [2.24, 2.45) is 0 Å². The van der Waals surface area contributed by atoms with Crippen molar-refractivity contribution in [3.05, 3.63) is 77.8 Å². The molecule has 0 atom stereocenters. The number of thiophene rings is 1. The number of nitrogens with one attached hydrogen (secondary N) is 1. The Kier molecular flexibility index (Phi) is 5.92. The van der Waals surface area contributed by atoms with Gasteiger partial charge < -0.3 is 9.64 Å². The first-order valence-electron chi connectivity index (χ1n) is 10.5. The number of aromatic nitrogens is 2. The summed E-state index contributed by atoms with van der Waals surface area (Å²) in [7, 11) is -1.35. The summed E-state index contributed by atoms with van der Waals surface area (Å²) < 4.78 is 60.4. The summed E-state index contributed by atoms with van der Waals surface area (Å²) in [6.45, 7) is 0.494. The molecule has 0 unspecified atom stereocenters. The Bertz CT molecular complexity index is 1620. The van der Waals surface area contributed by atoms with E-state index in [1.54, 1.807) is 18.1 Å². The minimum Gasteiger partial charge on any atom is -0.480 e. The molecule has 36 heavy (non-hydrogen) atoms. The first-order chi connectivity index (χ1) is 17.2. The van der Waals surface area contributed by atoms with Gasteiger partial charge in [0.05, 0.1) is 7.11 Å². The standard InChI is InChI=1S/C24H18F2N4O4S2/c1-30-12-15-7-13(10-27-22(15)24(30)31)19-4-5-20(35-19)14-8-18(23(34-2)28-11-14)29-36(32,33)21-6-3-16(25)9-17(21)26/h3-11,29H,12H2,1-2H3. The number of halogens is 2. The van der Waals surface area contributed by atoms with Crippen LogP contribution >= 0.6 is 11.3 Å². The number of benzene rings is 1. The largest absolute Gasteiger partial charge is 0.480 e. The van der Waals surface area contributed by atoms with Crippen LogP contribution in [-0.2, 0) is 16.6 Å². The predicted octanol–water partition coefficient (Wildman–Crippen LogP) is 4.55. The van der Waals surface area contributed by atoms with Gasteiger partial charge in [-0.15, -0.1) is 11.3 Å². The molecule has 4 heterocycles. The number of rotatable bonds is 6. The fourth-order valence-electron chi connectivity index (χ4n) is 3.83. The molecule has 0 saturated carbocycles. The average molecular weight is 529 g/mol. The molecule has 1 N–H and O–H groups in total. The zero-order chi connectivity index (χ0) is 25.6. The van der Waals surface area contributed by atoms with Crippen LogP contribution in [0.5, 0.6) is 5.88 Å². The highest BCUT2D eigenvalue weighted by atomic mass is 32.2. The molecule has 1 aromatic carbocycles. The Balaban J connectivity index is 1.46. The SMILES string of the molecule is COc1ncc(-c2ccc(-c3cnc4c(c3)CN(C)C4=O)s2)cc1NS(=O)(=O)c1ccc(F)cc1F. The summed E-state index contributed by atoms with van der Waals surface area (Å²) >= 11 is 1.43. The molecular weight excluding hydrogens is 510 g/mol. The van der Waals surface area contributed by atoms with E-state index >= 15 is 0 Å². The van der Waals surface area contributed by atoms with Gasteiger partial charge in [-0.25, -0.2) is 22.2 Å². The maximum atomic E-state index is 14.1. The monoisotopic (exact) mass is 528 g/mol. The zero-order valence-electron chi connectivity index (χ0n) is 19.0. The molecule has 0 radical (unpaired) electrons. The van der Waals surface area contributed by atoms with Gasteiger partial charge in [-0.1, -0.05) is 0 Å². The average Bonchev–Trinajstić information content (AvgIpc) is 3.43. The van der Waals surface area contributed by atoms with Crippen molar-refractivity contribution in [3.8, 4) is 26.8 Å². The van der Waals surface area contributed by atoms with Crippen molar-refractivity contribution in [3.63, 3.8) is 0 Å². The highest BCUT2D eigenvalue weighted by Crippen LogP contribution is 2.38. The van der Waals surface area contributed by atoms with E-state index in [-0.39, 0.29) is 17.5 Å². The Morgan fingerprint density at radius 1 is 1.03 bits per heavy atom. The van der Waals surface area contributed by atoms with Crippen molar-refractivity contribution in [1.29, 1.82) is 0 Å². The number of nitrogens with zero attached hydrogens (tertiary/aromatic N) is 3. The number of anilines is 1. The van der Waals surface area contributed by atoms with Crippen molar-refractivity contribution in [2.45, 2.75) is 11.4 Å². The van der Waals surface area contributed by atoms with E-state index in [4.69, 9.17) is 4.74 Å². The van der Waals surface area contributed by atoms with E-state index in [0.29, 0.717) is 23.9 Å². The summed E-state index contributed by atoms with van der Waals surface area (Å²) in [6, 6.07) is 9.40. The highest BCUT2D eigenvalue weighted by Gasteiger charge is 2.26. The number of carbonyl (C=O) groups excluding carboxylic acids is 1. The Morgan fingerprint density at radius 3 is 2.42 bits per heavy atom. The van der Waals surface area contributed by atoms with E-state index < -0.39 is 26.6 Å². The number of carbonyl (C=O) groups is 1. The van der Waals surface area contributed by atoms with Crippen LogP contribution in [0.2, 0.25) is 0 Å². The number of hydrogen-bond acceptors (Lipinski definition) is 7. The lowest BCUT2D eigenvalue weighted by molar-refractivity contribution is 0.0812. The van der Waals surface area contributed by atoms with Crippen molar-refractivity contribution >= 4 is 33.0 Å². The van der Waals surface area contributed by atoms with Crippen LogP contribution in [0.25, 0.3) is 20.9 Å². The topological polar surface area (TPSA) is 101 Å². The van der Waals surface area contributed by atoms with E-state index in [1.807, 2.05) is 18.2 Å². The lowest BCUT2D eigenvalue weighted by atomic mass is 10.1. The Labute approximate surface area is 209 Å². The van der Waals surface area contributed by atoms with Gasteiger partial charge in [0.15, 0.2) is 0 Å². The maximum Gasteiger partial charge on any atom is 0.272 e. The number of methoxy groups -OCH3 is 1. The predicted molar refractivity (Wildman–Crippen MR) is 130 cm³/mol. The Hall–Kier alpha value is -3.90. The lowest BCUT2D eigenvalue weighted by Gasteiger charge is -2.12. The first-order valence-corrected chi connectivity index (χ1v) is 12.8. The van der Waals surface area contributed by atoms with Crippen LogP contribution in [0, 0.1) is 11.6 Å². The molecule has 8 nitrogen and oxygen atoms in total. The Morgan fingerprint density at radius 2 is 1.72 bits per heavy atom. The normalized spacial score (nSPS) is 13.1. The molecule has 0 aliphatic carbocycles. The molecule has 0 saturated heterocycles. The number of hydrogen-bond donors (Lipinski definition) is 1. The molecule has 0 fully saturated rings. The third-order valence-corrected chi connectivity index (χ3v) is 8.15. The minimum absolute atomic E-state index is 0.00516. The molecule has 12 heteroatoms. The van der Waals surface area contributed by atoms with Crippen LogP contribution in [0.4, 0.5) is 14.5 Å². The van der Waals surface area contributed by atoms with Gasteiger partial charge in [-0.2, -0.15) is 0 Å². The second-order valence-corrected chi connectivity index (χ2v) is 10.8. The van der Waals surface area contributed by atoms with Gasteiger partial charge in [0.25, 0.3) is 15.9 Å². The van der Waals surface area contributed by atoms with Crippen LogP contribution in [0.15, 0.2) is 59.8 Å². The number of amides is 1. The van der Waals surface area contributed by atoms with E-state index in [0.717, 1.165) is 33.0 Å². The maximum absolute atomic E-state index is 14.1. The lowest BCUT2D eigenvalue weighted by Crippen LogP contribution is -2.18. The van der Waals surface area contributed by atoms with Crippen LogP contribution in [0.3, 0.4) is 0 Å². The summed E-state index contributed by atoms with van der Waals surface area (Å²) in [5.41, 5.74) is 2.74. The second-order valence-electron chi connectivity index (χ2n) is 8.02. The summed E-state index contributed by atoms with van der Waals surface area (Å²) in [5.74, 6) is -2.23. The molecule has 1 aliphatic heterocycles. The van der Waals surface area contributed by atoms with Gasteiger partial charge in [0.1, 0.15) is 27.9 Å². The number of ether oxygens (including phenoxy) is 1. The molecule has 4 aromatic rings. The van der Waals surface area contributed by atoms with Gasteiger partial charge in [-0.05, 0) is 36.4 Å². The number of pyridine rings is 2. The molecule has 0 bridgehead atoms. The summed E-state index contributed by atoms with van der Waals surface area (Å²) in [5, 5.41) is 0. The van der Waals surface area contributed by atoms with Gasteiger partial charge in [-0.3, -0.25) is 14.5 Å². The molecule has 1 amide bonds. The molecule has 1 aliphatic rings. The van der Waals surface area contributed by atoms with Crippen LogP contribution in [-0.4, -0.2) is 43.4 Å². The molecule has 3 aromatic heterocycles. The zero-order valence-corrected chi connectivity index (χ0v) is 20.6. The van der Waals surface area contributed by atoms with E-state index in [1.165, 1.54) is 30.7 Å². The van der Waals surface area contributed by atoms with Crippen molar-refractivity contribution in [1.82, 2.24) is 14.9 Å².